The number of nitrogens with two attached hydrogens (primary N) is 1. The van der Waals surface area contributed by atoms with Crippen molar-refractivity contribution in [3.8, 4) is 0 Å². The van der Waals surface area contributed by atoms with E-state index in [-0.39, 0.29) is 16.7 Å². The number of fused-ring (bicyclic) bond motifs is 1. The van der Waals surface area contributed by atoms with E-state index in [1.54, 1.807) is 30.3 Å². The molecule has 0 spiro atoms. The van der Waals surface area contributed by atoms with Gasteiger partial charge >= 0.3 is 5.97 Å². The lowest BCUT2D eigenvalue weighted by molar-refractivity contribution is 0.0474. The van der Waals surface area contributed by atoms with Gasteiger partial charge in [0.05, 0.1) is 22.4 Å². The van der Waals surface area contributed by atoms with Crippen LogP contribution in [0.25, 0.3) is 0 Å². The Morgan fingerprint density at radius 3 is 2.26 bits per heavy atom. The molecule has 31 heavy (non-hydrogen) atoms. The molecular weight excluding hydrogens is 420 g/mol. The molecule has 7 nitrogen and oxygen atoms in total. The van der Waals surface area contributed by atoms with Gasteiger partial charge in [-0.25, -0.2) is 9.69 Å². The second-order valence-corrected chi connectivity index (χ2v) is 7.24. The molecule has 2 N–H and O–H groups in total. The molecule has 8 heteroatoms. The van der Waals surface area contributed by atoms with Gasteiger partial charge in [-0.05, 0) is 60.7 Å². The number of nitrogens with zero attached hydrogens (tertiary/aromatic N) is 1. The van der Waals surface area contributed by atoms with Gasteiger partial charge in [0.15, 0.2) is 12.4 Å². The molecule has 1 heterocycles. The number of ether oxygens (including phenoxy) is 1. The summed E-state index contributed by atoms with van der Waals surface area (Å²) in [4.78, 5) is 51.1. The Kier molecular flexibility index (Phi) is 5.27. The largest absolute Gasteiger partial charge is 0.454 e. The van der Waals surface area contributed by atoms with Crippen LogP contribution in [0, 0.1) is 0 Å². The molecule has 0 saturated heterocycles. The van der Waals surface area contributed by atoms with Crippen molar-refractivity contribution in [1.29, 1.82) is 0 Å². The summed E-state index contributed by atoms with van der Waals surface area (Å²) in [7, 11) is 0. The van der Waals surface area contributed by atoms with Gasteiger partial charge < -0.3 is 10.5 Å². The van der Waals surface area contributed by atoms with Crippen LogP contribution in [0.4, 0.5) is 11.4 Å². The molecule has 0 unspecified atom stereocenters. The third kappa shape index (κ3) is 3.91. The average molecular weight is 435 g/mol. The molecule has 2 amide bonds. The number of Topliss-reactive ketones (excluding diaryl/α,β-unsaturated/α-hetero) is 1. The van der Waals surface area contributed by atoms with Crippen LogP contribution in [-0.4, -0.2) is 30.2 Å². The average Bonchev–Trinajstić information content (AvgIpc) is 3.02. The maximum atomic E-state index is 12.8. The van der Waals surface area contributed by atoms with Crippen molar-refractivity contribution in [3.05, 3.63) is 94.0 Å². The van der Waals surface area contributed by atoms with Crippen molar-refractivity contribution in [2.24, 2.45) is 0 Å². The molecule has 0 aromatic heterocycles. The summed E-state index contributed by atoms with van der Waals surface area (Å²) in [6.45, 7) is -0.471. The fourth-order valence-corrected chi connectivity index (χ4v) is 3.37. The first-order chi connectivity index (χ1) is 14.8. The molecule has 4 rings (SSSR count). The van der Waals surface area contributed by atoms with Crippen LogP contribution in [0.1, 0.15) is 41.4 Å². The molecule has 3 aromatic carbocycles. The number of hydrogen-bond donors (Lipinski definition) is 1. The molecule has 0 aliphatic carbocycles. The minimum Gasteiger partial charge on any atom is -0.454 e. The SMILES string of the molecule is Nc1ccc(C(=O)COC(=O)c2ccc3c(c2)C(=O)N(c2cccc(Cl)c2)C3=O)cc1. The topological polar surface area (TPSA) is 107 Å². The number of ketones is 1. The first-order valence-electron chi connectivity index (χ1n) is 9.19. The van der Waals surface area contributed by atoms with E-state index in [1.165, 1.54) is 36.4 Å². The highest BCUT2D eigenvalue weighted by molar-refractivity contribution is 6.35. The highest BCUT2D eigenvalue weighted by atomic mass is 35.5. The molecule has 0 radical (unpaired) electrons. The highest BCUT2D eigenvalue weighted by Gasteiger charge is 2.37. The first-order valence-corrected chi connectivity index (χ1v) is 9.57. The molecule has 0 atom stereocenters. The summed E-state index contributed by atoms with van der Waals surface area (Å²) < 4.78 is 5.08. The third-order valence-corrected chi connectivity index (χ3v) is 4.99. The van der Waals surface area contributed by atoms with Gasteiger partial charge in [0.1, 0.15) is 0 Å². The standard InChI is InChI=1S/C23H15ClN2O5/c24-15-2-1-3-17(11-15)26-21(28)18-9-6-14(10-19(18)22(26)29)23(30)31-12-20(27)13-4-7-16(25)8-5-13/h1-11H,12,25H2. The first kappa shape index (κ1) is 20.3. The van der Waals surface area contributed by atoms with Crippen LogP contribution >= 0.6 is 11.6 Å². The monoisotopic (exact) mass is 434 g/mol. The second kappa shape index (κ2) is 8.04. The van der Waals surface area contributed by atoms with E-state index in [0.29, 0.717) is 22.0 Å². The van der Waals surface area contributed by atoms with Crippen molar-refractivity contribution < 1.29 is 23.9 Å². The van der Waals surface area contributed by atoms with E-state index >= 15 is 0 Å². The zero-order valence-electron chi connectivity index (χ0n) is 16.0. The van der Waals surface area contributed by atoms with Gasteiger partial charge in [0.2, 0.25) is 0 Å². The molecule has 1 aliphatic heterocycles. The number of halogens is 1. The Balaban J connectivity index is 1.51. The summed E-state index contributed by atoms with van der Waals surface area (Å²) in [6.07, 6.45) is 0. The normalized spacial score (nSPS) is 12.6. The number of carbonyl (C=O) groups is 4. The predicted octanol–water partition coefficient (Wildman–Crippen LogP) is 3.76. The summed E-state index contributed by atoms with van der Waals surface area (Å²) in [5, 5.41) is 0.379. The second-order valence-electron chi connectivity index (χ2n) is 6.81. The van der Waals surface area contributed by atoms with E-state index in [4.69, 9.17) is 22.1 Å². The summed E-state index contributed by atoms with van der Waals surface area (Å²) >= 11 is 5.96. The Hall–Kier alpha value is -3.97. The van der Waals surface area contributed by atoms with E-state index in [9.17, 15) is 19.2 Å². The number of benzene rings is 3. The lowest BCUT2D eigenvalue weighted by atomic mass is 10.1. The Labute approximate surface area is 182 Å². The minimum absolute atomic E-state index is 0.0537. The van der Waals surface area contributed by atoms with Crippen molar-refractivity contribution in [2.45, 2.75) is 0 Å². The van der Waals surface area contributed by atoms with Crippen LogP contribution in [-0.2, 0) is 4.74 Å². The molecule has 0 saturated carbocycles. The molecular formula is C23H15ClN2O5. The smallest absolute Gasteiger partial charge is 0.338 e. The third-order valence-electron chi connectivity index (χ3n) is 4.76. The fourth-order valence-electron chi connectivity index (χ4n) is 3.18. The minimum atomic E-state index is -0.784. The molecule has 1 aliphatic rings. The maximum absolute atomic E-state index is 12.8. The van der Waals surface area contributed by atoms with Crippen molar-refractivity contribution in [1.82, 2.24) is 0 Å². The number of hydrogen-bond acceptors (Lipinski definition) is 6. The number of anilines is 2. The zero-order chi connectivity index (χ0) is 22.1. The van der Waals surface area contributed by atoms with Gasteiger partial charge in [-0.1, -0.05) is 17.7 Å². The predicted molar refractivity (Wildman–Crippen MR) is 115 cm³/mol. The number of nitrogen functional groups attached to an aromatic ring is 1. The van der Waals surface area contributed by atoms with E-state index in [1.807, 2.05) is 0 Å². The molecule has 154 valence electrons. The van der Waals surface area contributed by atoms with Crippen LogP contribution in [0.5, 0.6) is 0 Å². The van der Waals surface area contributed by atoms with E-state index in [2.05, 4.69) is 0 Å². The highest BCUT2D eigenvalue weighted by Crippen LogP contribution is 2.30. The molecule has 0 fully saturated rings. The Bertz CT molecular complexity index is 1240. The van der Waals surface area contributed by atoms with Crippen LogP contribution in [0.3, 0.4) is 0 Å². The number of amides is 2. The van der Waals surface area contributed by atoms with Crippen molar-refractivity contribution in [3.63, 3.8) is 0 Å². The van der Waals surface area contributed by atoms with E-state index < -0.39 is 30.2 Å². The number of carbonyl (C=O) groups excluding carboxylic acids is 4. The summed E-state index contributed by atoms with van der Waals surface area (Å²) in [5.41, 5.74) is 7.08. The number of imide groups is 1. The Morgan fingerprint density at radius 1 is 0.871 bits per heavy atom. The van der Waals surface area contributed by atoms with Gasteiger partial charge in [-0.15, -0.1) is 0 Å². The lowest BCUT2D eigenvalue weighted by Crippen LogP contribution is -2.29. The van der Waals surface area contributed by atoms with Gasteiger partial charge in [-0.2, -0.15) is 0 Å². The van der Waals surface area contributed by atoms with Crippen LogP contribution < -0.4 is 10.6 Å². The fraction of sp³-hybridized carbons (Fsp3) is 0.0435. The van der Waals surface area contributed by atoms with Crippen molar-refractivity contribution in [2.75, 3.05) is 17.2 Å². The van der Waals surface area contributed by atoms with Gasteiger partial charge in [-0.3, -0.25) is 14.4 Å². The maximum Gasteiger partial charge on any atom is 0.338 e. The van der Waals surface area contributed by atoms with E-state index in [0.717, 1.165) is 4.90 Å². The molecule has 0 bridgehead atoms. The van der Waals surface area contributed by atoms with Gasteiger partial charge in [0.25, 0.3) is 11.8 Å². The van der Waals surface area contributed by atoms with Crippen molar-refractivity contribution >= 4 is 46.5 Å². The van der Waals surface area contributed by atoms with Gasteiger partial charge in [0, 0.05) is 16.3 Å². The summed E-state index contributed by atoms with van der Waals surface area (Å²) in [5.74, 6) is -2.27. The lowest BCUT2D eigenvalue weighted by Gasteiger charge is -2.13. The molecule has 3 aromatic rings. The van der Waals surface area contributed by atoms with Crippen LogP contribution in [0.15, 0.2) is 66.7 Å². The summed E-state index contributed by atoms with van der Waals surface area (Å²) in [6, 6.07) is 16.6. The quantitative estimate of drug-likeness (QED) is 0.283. The number of esters is 1. The Morgan fingerprint density at radius 2 is 1.55 bits per heavy atom. The van der Waals surface area contributed by atoms with Crippen LogP contribution in [0.2, 0.25) is 5.02 Å². The number of rotatable bonds is 5. The zero-order valence-corrected chi connectivity index (χ0v) is 16.8.